The van der Waals surface area contributed by atoms with Gasteiger partial charge >= 0.3 is 0 Å². The molecule has 196 valence electrons. The van der Waals surface area contributed by atoms with Crippen LogP contribution in [0.2, 0.25) is 0 Å². The van der Waals surface area contributed by atoms with E-state index < -0.39 is 0 Å². The van der Waals surface area contributed by atoms with E-state index in [0.29, 0.717) is 0 Å². The maximum atomic E-state index is 6.40. The first-order valence-corrected chi connectivity index (χ1v) is 14.3. The molecule has 42 heavy (non-hydrogen) atoms. The van der Waals surface area contributed by atoms with Crippen LogP contribution in [0.4, 0.5) is 0 Å². The normalized spacial score (nSPS) is 11.8. The van der Waals surface area contributed by atoms with Crippen molar-refractivity contribution in [3.63, 3.8) is 0 Å². The van der Waals surface area contributed by atoms with Crippen molar-refractivity contribution in [2.24, 2.45) is 0 Å². The molecule has 0 aliphatic heterocycles. The fourth-order valence-electron chi connectivity index (χ4n) is 6.71. The number of hydrogen-bond donors (Lipinski definition) is 0. The molecule has 9 aromatic rings. The number of fused-ring (bicyclic) bond motifs is 6. The summed E-state index contributed by atoms with van der Waals surface area (Å²) in [5, 5.41) is 8.22. The van der Waals surface area contributed by atoms with E-state index in [4.69, 9.17) is 8.83 Å². The minimum Gasteiger partial charge on any atom is -0.464 e. The van der Waals surface area contributed by atoms with Crippen molar-refractivity contribution in [2.75, 3.05) is 0 Å². The second-order valence-electron chi connectivity index (χ2n) is 10.9. The summed E-state index contributed by atoms with van der Waals surface area (Å²) in [6.07, 6.45) is 1.74. The lowest BCUT2D eigenvalue weighted by Gasteiger charge is -2.18. The third-order valence-corrected chi connectivity index (χ3v) is 8.53. The topological polar surface area (TPSA) is 26.3 Å². The van der Waals surface area contributed by atoms with Gasteiger partial charge in [-0.1, -0.05) is 109 Å². The lowest BCUT2D eigenvalue weighted by molar-refractivity contribution is 0.613. The molecule has 0 aliphatic carbocycles. The second kappa shape index (κ2) is 8.95. The van der Waals surface area contributed by atoms with Gasteiger partial charge in [0.05, 0.1) is 6.26 Å². The summed E-state index contributed by atoms with van der Waals surface area (Å²) in [5.41, 5.74) is 9.85. The van der Waals surface area contributed by atoms with Gasteiger partial charge in [0.2, 0.25) is 0 Å². The smallest absolute Gasteiger partial charge is 0.139 e. The molecule has 0 radical (unpaired) electrons. The number of hydrogen-bond acceptors (Lipinski definition) is 2. The van der Waals surface area contributed by atoms with Gasteiger partial charge in [-0.3, -0.25) is 0 Å². The van der Waals surface area contributed by atoms with Gasteiger partial charge in [-0.25, -0.2) is 0 Å². The highest BCUT2D eigenvalue weighted by molar-refractivity contribution is 6.26. The van der Waals surface area contributed by atoms with E-state index in [0.717, 1.165) is 32.9 Å². The Labute approximate surface area is 242 Å². The van der Waals surface area contributed by atoms with Crippen molar-refractivity contribution in [1.82, 2.24) is 0 Å². The van der Waals surface area contributed by atoms with Crippen LogP contribution < -0.4 is 0 Å². The van der Waals surface area contributed by atoms with Crippen LogP contribution in [0.25, 0.3) is 87.8 Å². The fourth-order valence-corrected chi connectivity index (χ4v) is 6.71. The zero-order chi connectivity index (χ0) is 27.6. The number of rotatable bonds is 3. The van der Waals surface area contributed by atoms with Crippen LogP contribution >= 0.6 is 0 Å². The molecular formula is C40H24O2. The van der Waals surface area contributed by atoms with Crippen LogP contribution in [0, 0.1) is 0 Å². The Bertz CT molecular complexity index is 2400. The summed E-state index contributed by atoms with van der Waals surface area (Å²) in [6.45, 7) is 0. The van der Waals surface area contributed by atoms with Crippen LogP contribution in [0.3, 0.4) is 0 Å². The van der Waals surface area contributed by atoms with E-state index in [1.54, 1.807) is 6.26 Å². The van der Waals surface area contributed by atoms with E-state index in [9.17, 15) is 0 Å². The molecule has 0 N–H and O–H groups in total. The molecule has 0 atom stereocenters. The van der Waals surface area contributed by atoms with Crippen molar-refractivity contribution < 1.29 is 8.83 Å². The first-order chi connectivity index (χ1) is 20.8. The van der Waals surface area contributed by atoms with Gasteiger partial charge in [0, 0.05) is 22.2 Å². The van der Waals surface area contributed by atoms with E-state index in [1.807, 2.05) is 12.1 Å². The third-order valence-electron chi connectivity index (χ3n) is 8.53. The van der Waals surface area contributed by atoms with Gasteiger partial charge in [-0.05, 0) is 79.2 Å². The largest absolute Gasteiger partial charge is 0.464 e. The van der Waals surface area contributed by atoms with Gasteiger partial charge < -0.3 is 8.83 Å². The average molecular weight is 537 g/mol. The summed E-state index contributed by atoms with van der Waals surface area (Å²) >= 11 is 0. The molecule has 0 bridgehead atoms. The summed E-state index contributed by atoms with van der Waals surface area (Å²) in [7, 11) is 0. The lowest BCUT2D eigenvalue weighted by Crippen LogP contribution is -1.91. The Morgan fingerprint density at radius 3 is 1.79 bits per heavy atom. The van der Waals surface area contributed by atoms with Gasteiger partial charge in [0.1, 0.15) is 16.7 Å². The molecule has 2 aromatic heterocycles. The predicted octanol–water partition coefficient (Wildman–Crippen LogP) is 11.6. The van der Waals surface area contributed by atoms with E-state index in [-0.39, 0.29) is 0 Å². The highest BCUT2D eigenvalue weighted by atomic mass is 16.3. The highest BCUT2D eigenvalue weighted by Crippen LogP contribution is 2.47. The average Bonchev–Trinajstić information content (AvgIpc) is 3.66. The molecule has 0 amide bonds. The van der Waals surface area contributed by atoms with Crippen molar-refractivity contribution in [1.29, 1.82) is 0 Å². The van der Waals surface area contributed by atoms with Gasteiger partial charge in [0.25, 0.3) is 0 Å². The molecule has 0 saturated carbocycles. The molecule has 0 aliphatic rings. The molecule has 0 unspecified atom stereocenters. The molecule has 0 fully saturated rings. The van der Waals surface area contributed by atoms with Crippen LogP contribution in [0.5, 0.6) is 0 Å². The zero-order valence-electron chi connectivity index (χ0n) is 22.7. The van der Waals surface area contributed by atoms with Crippen LogP contribution in [0.15, 0.2) is 155 Å². The van der Waals surface area contributed by atoms with E-state index >= 15 is 0 Å². The molecule has 2 heteroatoms. The van der Waals surface area contributed by atoms with Crippen molar-refractivity contribution in [2.45, 2.75) is 0 Å². The summed E-state index contributed by atoms with van der Waals surface area (Å²) < 4.78 is 12.1. The standard InChI is InChI=1S/C40H24O2/c1-2-10-25(11-3-1)26-12-8-13-28(22-26)38-29-14-4-6-16-31(29)39(32-17-7-5-15-30(32)38)33-18-9-19-35-40(33)34-23-27-20-21-41-36(27)24-37(34)42-35/h1-24H. The van der Waals surface area contributed by atoms with Crippen LogP contribution in [-0.4, -0.2) is 0 Å². The minimum atomic E-state index is 0.834. The Morgan fingerprint density at radius 1 is 0.381 bits per heavy atom. The van der Waals surface area contributed by atoms with Gasteiger partial charge in [0.15, 0.2) is 0 Å². The number of benzene rings is 7. The maximum Gasteiger partial charge on any atom is 0.139 e. The Morgan fingerprint density at radius 2 is 1.02 bits per heavy atom. The van der Waals surface area contributed by atoms with Crippen molar-refractivity contribution in [3.05, 3.63) is 146 Å². The molecule has 0 saturated heterocycles. The molecular weight excluding hydrogens is 512 g/mol. The van der Waals surface area contributed by atoms with Gasteiger partial charge in [-0.15, -0.1) is 0 Å². The molecule has 9 rings (SSSR count). The molecule has 0 spiro atoms. The molecule has 2 heterocycles. The minimum absolute atomic E-state index is 0.834. The maximum absolute atomic E-state index is 6.40. The zero-order valence-corrected chi connectivity index (χ0v) is 22.7. The Hall–Kier alpha value is -5.60. The monoisotopic (exact) mass is 536 g/mol. The SMILES string of the molecule is c1ccc(-c2cccc(-c3c4ccccc4c(-c4cccc5oc6cc7occc7cc6c45)c4ccccc34)c2)cc1. The first-order valence-electron chi connectivity index (χ1n) is 14.3. The first kappa shape index (κ1) is 23.1. The van der Waals surface area contributed by atoms with Gasteiger partial charge in [-0.2, -0.15) is 0 Å². The number of furan rings is 2. The Kier molecular flexibility index (Phi) is 4.93. The Balaban J connectivity index is 1.39. The summed E-state index contributed by atoms with van der Waals surface area (Å²) in [6, 6.07) is 49.8. The third kappa shape index (κ3) is 3.39. The molecule has 7 aromatic carbocycles. The van der Waals surface area contributed by atoms with Crippen LogP contribution in [0.1, 0.15) is 0 Å². The van der Waals surface area contributed by atoms with Crippen molar-refractivity contribution in [3.8, 4) is 33.4 Å². The quantitative estimate of drug-likeness (QED) is 0.210. The molecule has 2 nitrogen and oxygen atoms in total. The lowest BCUT2D eigenvalue weighted by atomic mass is 9.84. The second-order valence-corrected chi connectivity index (χ2v) is 10.9. The van der Waals surface area contributed by atoms with Crippen LogP contribution in [-0.2, 0) is 0 Å². The van der Waals surface area contributed by atoms with E-state index in [1.165, 1.54) is 54.9 Å². The summed E-state index contributed by atoms with van der Waals surface area (Å²) in [5.74, 6) is 0. The van der Waals surface area contributed by atoms with Crippen molar-refractivity contribution >= 4 is 54.5 Å². The fraction of sp³-hybridized carbons (Fsp3) is 0. The highest BCUT2D eigenvalue weighted by Gasteiger charge is 2.20. The summed E-state index contributed by atoms with van der Waals surface area (Å²) in [4.78, 5) is 0. The van der Waals surface area contributed by atoms with E-state index in [2.05, 4.69) is 127 Å². The predicted molar refractivity (Wildman–Crippen MR) is 175 cm³/mol.